The molecular formula is C15H17N3O5. The van der Waals surface area contributed by atoms with Crippen molar-refractivity contribution in [2.75, 3.05) is 37.0 Å². The number of fused-ring (bicyclic) bond motifs is 1. The number of benzene rings is 1. The van der Waals surface area contributed by atoms with Gasteiger partial charge in [0, 0.05) is 18.4 Å². The Hall–Kier alpha value is -2.77. The lowest BCUT2D eigenvalue weighted by molar-refractivity contribution is -0.117. The van der Waals surface area contributed by atoms with Gasteiger partial charge in [0.1, 0.15) is 6.10 Å². The molecule has 1 fully saturated rings. The minimum atomic E-state index is -0.571. The number of anilines is 2. The lowest BCUT2D eigenvalue weighted by Gasteiger charge is -2.15. The van der Waals surface area contributed by atoms with E-state index < -0.39 is 18.3 Å². The fraction of sp³-hybridized carbons (Fsp3) is 0.400. The number of carbonyl (C=O) groups excluding carboxylic acids is 3. The molecule has 8 nitrogen and oxygen atoms in total. The lowest BCUT2D eigenvalue weighted by Crippen LogP contribution is -2.34. The number of carbonyl (C=O) groups is 3. The van der Waals surface area contributed by atoms with Crippen LogP contribution in [-0.4, -0.2) is 51.4 Å². The van der Waals surface area contributed by atoms with Gasteiger partial charge in [-0.25, -0.2) is 9.59 Å². The lowest BCUT2D eigenvalue weighted by atomic mass is 10.1. The summed E-state index contributed by atoms with van der Waals surface area (Å²) >= 11 is 0. The summed E-state index contributed by atoms with van der Waals surface area (Å²) in [7, 11) is 3.00. The highest BCUT2D eigenvalue weighted by atomic mass is 16.6. The van der Waals surface area contributed by atoms with E-state index in [1.165, 1.54) is 12.0 Å². The predicted molar refractivity (Wildman–Crippen MR) is 81.6 cm³/mol. The highest BCUT2D eigenvalue weighted by Crippen LogP contribution is 2.32. The van der Waals surface area contributed by atoms with Crippen molar-refractivity contribution in [3.63, 3.8) is 0 Å². The summed E-state index contributed by atoms with van der Waals surface area (Å²) in [4.78, 5) is 37.9. The van der Waals surface area contributed by atoms with Gasteiger partial charge >= 0.3 is 12.2 Å². The third kappa shape index (κ3) is 2.79. The molecule has 23 heavy (non-hydrogen) atoms. The molecular weight excluding hydrogens is 302 g/mol. The van der Waals surface area contributed by atoms with Crippen LogP contribution in [-0.2, 0) is 20.7 Å². The fourth-order valence-electron chi connectivity index (χ4n) is 2.73. The summed E-state index contributed by atoms with van der Waals surface area (Å²) in [5.74, 6) is 0.0290. The Bertz CT molecular complexity index is 675. The maximum atomic E-state index is 12.0. The molecule has 0 spiro atoms. The van der Waals surface area contributed by atoms with Gasteiger partial charge in [0.15, 0.2) is 0 Å². The van der Waals surface area contributed by atoms with Gasteiger partial charge in [-0.2, -0.15) is 0 Å². The second-order valence-electron chi connectivity index (χ2n) is 5.43. The first-order valence-electron chi connectivity index (χ1n) is 7.19. The number of rotatable bonds is 3. The average Bonchev–Trinajstić information content (AvgIpc) is 3.05. The molecule has 1 aromatic rings. The van der Waals surface area contributed by atoms with Crippen LogP contribution in [0.1, 0.15) is 5.56 Å². The summed E-state index contributed by atoms with van der Waals surface area (Å²) < 4.78 is 9.70. The largest absolute Gasteiger partial charge is 0.453 e. The van der Waals surface area contributed by atoms with E-state index >= 15 is 0 Å². The Kier molecular flexibility index (Phi) is 3.81. The van der Waals surface area contributed by atoms with E-state index in [0.717, 1.165) is 11.3 Å². The van der Waals surface area contributed by atoms with Crippen molar-refractivity contribution in [2.24, 2.45) is 0 Å². The van der Waals surface area contributed by atoms with E-state index in [4.69, 9.17) is 4.74 Å². The van der Waals surface area contributed by atoms with Gasteiger partial charge in [-0.15, -0.1) is 0 Å². The Morgan fingerprint density at radius 2 is 2.22 bits per heavy atom. The Balaban J connectivity index is 1.71. The molecule has 2 aliphatic rings. The van der Waals surface area contributed by atoms with Gasteiger partial charge in [-0.05, 0) is 23.8 Å². The first-order chi connectivity index (χ1) is 11.0. The molecule has 0 radical (unpaired) electrons. The molecule has 1 aromatic carbocycles. The molecule has 3 rings (SSSR count). The topological polar surface area (TPSA) is 88.2 Å². The Labute approximate surface area is 132 Å². The average molecular weight is 319 g/mol. The Morgan fingerprint density at radius 1 is 1.43 bits per heavy atom. The second-order valence-corrected chi connectivity index (χ2v) is 5.43. The molecule has 8 heteroatoms. The van der Waals surface area contributed by atoms with Gasteiger partial charge in [0.25, 0.3) is 0 Å². The SMILES string of the molecule is COC(=O)NC[C@H]1CN(c2ccc3c(c2)CC(=O)N3C)C(=O)O1. The summed E-state index contributed by atoms with van der Waals surface area (Å²) in [5, 5.41) is 2.50. The van der Waals surface area contributed by atoms with E-state index in [-0.39, 0.29) is 12.5 Å². The van der Waals surface area contributed by atoms with Crippen molar-refractivity contribution < 1.29 is 23.9 Å². The van der Waals surface area contributed by atoms with Crippen LogP contribution >= 0.6 is 0 Å². The summed E-state index contributed by atoms with van der Waals surface area (Å²) in [6, 6.07) is 5.43. The minimum Gasteiger partial charge on any atom is -0.453 e. The number of alkyl carbamates (subject to hydrolysis) is 1. The third-order valence-corrected chi connectivity index (χ3v) is 3.99. The number of likely N-dealkylation sites (N-methyl/N-ethyl adjacent to an activating group) is 1. The molecule has 0 bridgehead atoms. The Morgan fingerprint density at radius 3 is 2.96 bits per heavy atom. The maximum absolute atomic E-state index is 12.0. The smallest absolute Gasteiger partial charge is 0.414 e. The molecule has 0 unspecified atom stereocenters. The standard InChI is InChI=1S/C15H17N3O5/c1-17-12-4-3-10(5-9(12)6-13(17)19)18-8-11(23-15(18)21)7-16-14(20)22-2/h3-5,11H,6-8H2,1-2H3,(H,16,20)/t11-/m0/s1. The van der Waals surface area contributed by atoms with Crippen molar-refractivity contribution in [1.29, 1.82) is 0 Å². The van der Waals surface area contributed by atoms with Crippen LogP contribution in [0.3, 0.4) is 0 Å². The van der Waals surface area contributed by atoms with E-state index in [1.54, 1.807) is 18.0 Å². The first kappa shape index (κ1) is 15.1. The normalized spacial score (nSPS) is 19.7. The molecule has 2 aliphatic heterocycles. The maximum Gasteiger partial charge on any atom is 0.414 e. The van der Waals surface area contributed by atoms with Crippen molar-refractivity contribution in [2.45, 2.75) is 12.5 Å². The van der Waals surface area contributed by atoms with E-state index in [2.05, 4.69) is 10.1 Å². The molecule has 0 aromatic heterocycles. The van der Waals surface area contributed by atoms with Gasteiger partial charge in [0.05, 0.1) is 26.6 Å². The number of nitrogens with one attached hydrogen (secondary N) is 1. The number of hydrogen-bond acceptors (Lipinski definition) is 5. The molecule has 0 aliphatic carbocycles. The van der Waals surface area contributed by atoms with Crippen LogP contribution in [0, 0.1) is 0 Å². The molecule has 0 saturated carbocycles. The first-order valence-corrected chi connectivity index (χ1v) is 7.19. The molecule has 1 N–H and O–H groups in total. The molecule has 2 heterocycles. The van der Waals surface area contributed by atoms with Gasteiger partial charge in [-0.3, -0.25) is 9.69 Å². The van der Waals surface area contributed by atoms with Crippen LogP contribution in [0.15, 0.2) is 18.2 Å². The van der Waals surface area contributed by atoms with E-state index in [0.29, 0.717) is 18.7 Å². The summed E-state index contributed by atoms with van der Waals surface area (Å²) in [6.07, 6.45) is -1.16. The zero-order valence-corrected chi connectivity index (χ0v) is 12.9. The van der Waals surface area contributed by atoms with E-state index in [9.17, 15) is 14.4 Å². The van der Waals surface area contributed by atoms with Gasteiger partial charge in [0.2, 0.25) is 5.91 Å². The number of cyclic esters (lactones) is 1. The second kappa shape index (κ2) is 5.79. The number of ether oxygens (including phenoxy) is 2. The third-order valence-electron chi connectivity index (χ3n) is 3.99. The highest BCUT2D eigenvalue weighted by Gasteiger charge is 2.34. The van der Waals surface area contributed by atoms with E-state index in [1.807, 2.05) is 12.1 Å². The van der Waals surface area contributed by atoms with Crippen LogP contribution in [0.4, 0.5) is 21.0 Å². The number of hydrogen-bond donors (Lipinski definition) is 1. The van der Waals surface area contributed by atoms with Crippen LogP contribution < -0.4 is 15.1 Å². The molecule has 1 atom stereocenters. The minimum absolute atomic E-state index is 0.0290. The summed E-state index contributed by atoms with van der Waals surface area (Å²) in [5.41, 5.74) is 2.42. The summed E-state index contributed by atoms with van der Waals surface area (Å²) in [6.45, 7) is 0.506. The zero-order chi connectivity index (χ0) is 16.6. The molecule has 1 saturated heterocycles. The zero-order valence-electron chi connectivity index (χ0n) is 12.9. The van der Waals surface area contributed by atoms with Crippen LogP contribution in [0.2, 0.25) is 0 Å². The number of nitrogens with zero attached hydrogens (tertiary/aromatic N) is 2. The molecule has 3 amide bonds. The predicted octanol–water partition coefficient (Wildman–Crippen LogP) is 0.887. The van der Waals surface area contributed by atoms with Crippen molar-refractivity contribution in [3.8, 4) is 0 Å². The number of methoxy groups -OCH3 is 1. The van der Waals surface area contributed by atoms with Crippen molar-refractivity contribution in [3.05, 3.63) is 23.8 Å². The van der Waals surface area contributed by atoms with Crippen LogP contribution in [0.25, 0.3) is 0 Å². The van der Waals surface area contributed by atoms with Crippen molar-refractivity contribution in [1.82, 2.24) is 5.32 Å². The fourth-order valence-corrected chi connectivity index (χ4v) is 2.73. The van der Waals surface area contributed by atoms with Gasteiger partial charge < -0.3 is 19.7 Å². The van der Waals surface area contributed by atoms with Crippen LogP contribution in [0.5, 0.6) is 0 Å². The highest BCUT2D eigenvalue weighted by molar-refractivity contribution is 6.02. The quantitative estimate of drug-likeness (QED) is 0.894. The number of amides is 3. The monoisotopic (exact) mass is 319 g/mol. The van der Waals surface area contributed by atoms with Gasteiger partial charge in [-0.1, -0.05) is 0 Å². The molecule has 122 valence electrons. The van der Waals surface area contributed by atoms with Crippen molar-refractivity contribution >= 4 is 29.5 Å².